The van der Waals surface area contributed by atoms with Gasteiger partial charge in [0.05, 0.1) is 0 Å². The third-order valence-corrected chi connectivity index (χ3v) is 4.98. The molecule has 0 heterocycles. The van der Waals surface area contributed by atoms with Crippen LogP contribution in [-0.2, 0) is 22.6 Å². The van der Waals surface area contributed by atoms with Crippen LogP contribution < -0.4 is 10.1 Å². The molecule has 1 N–H and O–H groups in total. The highest BCUT2D eigenvalue weighted by molar-refractivity contribution is 5.88. The zero-order chi connectivity index (χ0) is 22.1. The van der Waals surface area contributed by atoms with Crippen LogP contribution >= 0.6 is 0 Å². The number of carbonyl (C=O) groups is 2. The first-order valence-corrected chi connectivity index (χ1v) is 10.7. The highest BCUT2D eigenvalue weighted by atomic mass is 16.5. The predicted octanol–water partition coefficient (Wildman–Crippen LogP) is 4.27. The molecule has 2 aromatic carbocycles. The van der Waals surface area contributed by atoms with E-state index in [4.69, 9.17) is 4.74 Å². The second kappa shape index (κ2) is 11.4. The molecule has 2 rings (SSSR count). The van der Waals surface area contributed by atoms with E-state index in [1.54, 1.807) is 4.90 Å². The van der Waals surface area contributed by atoms with Crippen LogP contribution in [0.4, 0.5) is 0 Å². The van der Waals surface area contributed by atoms with Gasteiger partial charge in [-0.25, -0.2) is 0 Å². The van der Waals surface area contributed by atoms with Gasteiger partial charge in [-0.2, -0.15) is 0 Å². The normalized spacial score (nSPS) is 11.8. The molecule has 2 amide bonds. The van der Waals surface area contributed by atoms with Gasteiger partial charge in [-0.15, -0.1) is 0 Å². The number of aryl methyl sites for hydroxylation is 2. The standard InChI is InChI=1S/C25H34N2O3/c1-6-20-12-14-22(15-13-20)30-17-24(28)27(16-21-10-8-19(5)9-11-21)23(7-2)25(29)26-18(3)4/h8-15,18,23H,6-7,16-17H2,1-5H3,(H,26,29). The number of hydrogen-bond acceptors (Lipinski definition) is 3. The molecule has 0 aliphatic rings. The van der Waals surface area contributed by atoms with Gasteiger partial charge in [0.1, 0.15) is 11.8 Å². The van der Waals surface area contributed by atoms with Crippen molar-refractivity contribution in [3.8, 4) is 5.75 Å². The van der Waals surface area contributed by atoms with Gasteiger partial charge in [-0.05, 0) is 56.9 Å². The summed E-state index contributed by atoms with van der Waals surface area (Å²) in [7, 11) is 0. The topological polar surface area (TPSA) is 58.6 Å². The summed E-state index contributed by atoms with van der Waals surface area (Å²) < 4.78 is 5.74. The van der Waals surface area contributed by atoms with Crippen LogP contribution in [-0.4, -0.2) is 35.4 Å². The van der Waals surface area contributed by atoms with Crippen molar-refractivity contribution in [3.63, 3.8) is 0 Å². The van der Waals surface area contributed by atoms with Gasteiger partial charge in [-0.3, -0.25) is 9.59 Å². The maximum absolute atomic E-state index is 13.1. The number of carbonyl (C=O) groups excluding carboxylic acids is 2. The lowest BCUT2D eigenvalue weighted by Crippen LogP contribution is -2.51. The molecule has 0 aromatic heterocycles. The fourth-order valence-electron chi connectivity index (χ4n) is 3.24. The van der Waals surface area contributed by atoms with Gasteiger partial charge in [0, 0.05) is 12.6 Å². The minimum absolute atomic E-state index is 0.0104. The fourth-order valence-corrected chi connectivity index (χ4v) is 3.24. The molecule has 0 radical (unpaired) electrons. The Morgan fingerprint density at radius 2 is 1.57 bits per heavy atom. The highest BCUT2D eigenvalue weighted by Crippen LogP contribution is 2.16. The second-order valence-corrected chi connectivity index (χ2v) is 7.88. The Morgan fingerprint density at radius 1 is 0.967 bits per heavy atom. The molecule has 162 valence electrons. The third-order valence-electron chi connectivity index (χ3n) is 4.98. The van der Waals surface area contributed by atoms with Crippen molar-refractivity contribution in [2.45, 2.75) is 66.1 Å². The molecule has 0 bridgehead atoms. The lowest BCUT2D eigenvalue weighted by molar-refractivity contribution is -0.143. The summed E-state index contributed by atoms with van der Waals surface area (Å²) in [6, 6.07) is 15.2. The summed E-state index contributed by atoms with van der Waals surface area (Å²) in [4.78, 5) is 27.5. The van der Waals surface area contributed by atoms with Gasteiger partial charge in [0.2, 0.25) is 5.91 Å². The minimum Gasteiger partial charge on any atom is -0.484 e. The number of nitrogens with zero attached hydrogens (tertiary/aromatic N) is 1. The number of rotatable bonds is 10. The molecular weight excluding hydrogens is 376 g/mol. The van der Waals surface area contributed by atoms with E-state index in [2.05, 4.69) is 12.2 Å². The molecule has 0 saturated heterocycles. The Bertz CT molecular complexity index is 813. The van der Waals surface area contributed by atoms with Crippen molar-refractivity contribution in [3.05, 3.63) is 65.2 Å². The summed E-state index contributed by atoms with van der Waals surface area (Å²) in [5.41, 5.74) is 3.35. The van der Waals surface area contributed by atoms with Gasteiger partial charge in [-0.1, -0.05) is 55.8 Å². The molecule has 5 nitrogen and oxygen atoms in total. The largest absolute Gasteiger partial charge is 0.484 e. The average molecular weight is 411 g/mol. The summed E-state index contributed by atoms with van der Waals surface area (Å²) in [5, 5.41) is 2.94. The smallest absolute Gasteiger partial charge is 0.261 e. The monoisotopic (exact) mass is 410 g/mol. The first-order valence-electron chi connectivity index (χ1n) is 10.7. The lowest BCUT2D eigenvalue weighted by Gasteiger charge is -2.31. The Balaban J connectivity index is 2.17. The summed E-state index contributed by atoms with van der Waals surface area (Å²) >= 11 is 0. The Hall–Kier alpha value is -2.82. The first kappa shape index (κ1) is 23.5. The van der Waals surface area contributed by atoms with Crippen LogP contribution in [0, 0.1) is 6.92 Å². The maximum atomic E-state index is 13.1. The van der Waals surface area contributed by atoms with Gasteiger partial charge < -0.3 is 15.0 Å². The van der Waals surface area contributed by atoms with Crippen molar-refractivity contribution < 1.29 is 14.3 Å². The van der Waals surface area contributed by atoms with E-state index in [-0.39, 0.29) is 24.5 Å². The molecule has 2 aromatic rings. The summed E-state index contributed by atoms with van der Waals surface area (Å²) in [5.74, 6) is 0.302. The number of nitrogens with one attached hydrogen (secondary N) is 1. The van der Waals surface area contributed by atoms with Crippen LogP contribution in [0.1, 0.15) is 50.8 Å². The molecule has 0 aliphatic carbocycles. The van der Waals surface area contributed by atoms with Crippen molar-refractivity contribution in [2.75, 3.05) is 6.61 Å². The molecule has 0 spiro atoms. The quantitative estimate of drug-likeness (QED) is 0.636. The van der Waals surface area contributed by atoms with Crippen molar-refractivity contribution in [1.82, 2.24) is 10.2 Å². The maximum Gasteiger partial charge on any atom is 0.261 e. The number of ether oxygens (including phenoxy) is 1. The zero-order valence-corrected chi connectivity index (χ0v) is 18.8. The van der Waals surface area contributed by atoms with Crippen molar-refractivity contribution in [1.29, 1.82) is 0 Å². The average Bonchev–Trinajstić information content (AvgIpc) is 2.73. The number of amides is 2. The highest BCUT2D eigenvalue weighted by Gasteiger charge is 2.29. The van der Waals surface area contributed by atoms with E-state index in [1.807, 2.05) is 76.2 Å². The van der Waals surface area contributed by atoms with E-state index >= 15 is 0 Å². The van der Waals surface area contributed by atoms with Crippen molar-refractivity contribution in [2.24, 2.45) is 0 Å². The van der Waals surface area contributed by atoms with E-state index in [1.165, 1.54) is 5.56 Å². The molecule has 0 saturated carbocycles. The predicted molar refractivity (Wildman–Crippen MR) is 120 cm³/mol. The zero-order valence-electron chi connectivity index (χ0n) is 18.8. The molecule has 0 fully saturated rings. The van der Waals surface area contributed by atoms with Crippen LogP contribution in [0.3, 0.4) is 0 Å². The van der Waals surface area contributed by atoms with Crippen LogP contribution in [0.2, 0.25) is 0 Å². The second-order valence-electron chi connectivity index (χ2n) is 7.88. The molecule has 5 heteroatoms. The van der Waals surface area contributed by atoms with E-state index in [0.29, 0.717) is 18.7 Å². The van der Waals surface area contributed by atoms with E-state index in [9.17, 15) is 9.59 Å². The lowest BCUT2D eigenvalue weighted by atomic mass is 10.1. The molecular formula is C25H34N2O3. The van der Waals surface area contributed by atoms with Gasteiger partial charge in [0.25, 0.3) is 5.91 Å². The fraction of sp³-hybridized carbons (Fsp3) is 0.440. The molecule has 1 unspecified atom stereocenters. The van der Waals surface area contributed by atoms with E-state index in [0.717, 1.165) is 17.5 Å². The van der Waals surface area contributed by atoms with Crippen LogP contribution in [0.15, 0.2) is 48.5 Å². The third kappa shape index (κ3) is 6.90. The summed E-state index contributed by atoms with van der Waals surface area (Å²) in [6.45, 7) is 10.1. The molecule has 30 heavy (non-hydrogen) atoms. The molecule has 0 aliphatic heterocycles. The number of benzene rings is 2. The van der Waals surface area contributed by atoms with Crippen molar-refractivity contribution >= 4 is 11.8 Å². The van der Waals surface area contributed by atoms with Gasteiger partial charge >= 0.3 is 0 Å². The van der Waals surface area contributed by atoms with Gasteiger partial charge in [0.15, 0.2) is 6.61 Å². The number of hydrogen-bond donors (Lipinski definition) is 1. The SMILES string of the molecule is CCc1ccc(OCC(=O)N(Cc2ccc(C)cc2)C(CC)C(=O)NC(C)C)cc1. The summed E-state index contributed by atoms with van der Waals surface area (Å²) in [6.07, 6.45) is 1.48. The molecule has 1 atom stereocenters. The van der Waals surface area contributed by atoms with Crippen LogP contribution in [0.5, 0.6) is 5.75 Å². The Labute approximate surface area is 180 Å². The van der Waals surface area contributed by atoms with Crippen LogP contribution in [0.25, 0.3) is 0 Å². The Morgan fingerprint density at radius 3 is 2.10 bits per heavy atom. The first-order chi connectivity index (χ1) is 14.3. The minimum atomic E-state index is -0.549. The Kier molecular flexibility index (Phi) is 8.90. The van der Waals surface area contributed by atoms with E-state index < -0.39 is 6.04 Å².